The van der Waals surface area contributed by atoms with Gasteiger partial charge in [-0.3, -0.25) is 0 Å². The van der Waals surface area contributed by atoms with E-state index in [0.717, 1.165) is 5.56 Å². The molecule has 0 spiro atoms. The SMILES string of the molecule is COC(=O)C=C(OC)C(C)C(C=Cc1ccccc1)OC. The van der Waals surface area contributed by atoms with Crippen LogP contribution >= 0.6 is 0 Å². The third kappa shape index (κ3) is 5.44. The highest BCUT2D eigenvalue weighted by Crippen LogP contribution is 2.20. The van der Waals surface area contributed by atoms with Gasteiger partial charge in [-0.2, -0.15) is 0 Å². The van der Waals surface area contributed by atoms with Gasteiger partial charge in [0.2, 0.25) is 0 Å². The van der Waals surface area contributed by atoms with Crippen molar-refractivity contribution < 1.29 is 19.0 Å². The number of hydrogen-bond acceptors (Lipinski definition) is 4. The number of ether oxygens (including phenoxy) is 3. The number of hydrogen-bond donors (Lipinski definition) is 0. The molecule has 114 valence electrons. The molecule has 0 N–H and O–H groups in total. The van der Waals surface area contributed by atoms with Gasteiger partial charge in [0.25, 0.3) is 0 Å². The summed E-state index contributed by atoms with van der Waals surface area (Å²) in [6.07, 6.45) is 5.06. The topological polar surface area (TPSA) is 44.8 Å². The van der Waals surface area contributed by atoms with Gasteiger partial charge in [0.05, 0.1) is 26.4 Å². The fraction of sp³-hybridized carbons (Fsp3) is 0.353. The predicted octanol–water partition coefficient (Wildman–Crippen LogP) is 3.05. The van der Waals surface area contributed by atoms with E-state index in [2.05, 4.69) is 4.74 Å². The molecule has 0 radical (unpaired) electrons. The van der Waals surface area contributed by atoms with Gasteiger partial charge in [-0.25, -0.2) is 4.79 Å². The normalized spacial score (nSPS) is 14.8. The Kier molecular flexibility index (Phi) is 7.26. The maximum absolute atomic E-state index is 11.3. The summed E-state index contributed by atoms with van der Waals surface area (Å²) < 4.78 is 15.4. The predicted molar refractivity (Wildman–Crippen MR) is 82.5 cm³/mol. The molecule has 0 saturated carbocycles. The van der Waals surface area contributed by atoms with Crippen LogP contribution in [0, 0.1) is 5.92 Å². The molecule has 0 aromatic heterocycles. The van der Waals surface area contributed by atoms with Crippen LogP contribution < -0.4 is 0 Å². The summed E-state index contributed by atoms with van der Waals surface area (Å²) in [6.45, 7) is 1.93. The molecular weight excluding hydrogens is 268 g/mol. The zero-order valence-electron chi connectivity index (χ0n) is 12.9. The molecule has 2 unspecified atom stereocenters. The summed E-state index contributed by atoms with van der Waals surface area (Å²) in [4.78, 5) is 11.3. The first-order chi connectivity index (χ1) is 10.1. The van der Waals surface area contributed by atoms with E-state index < -0.39 is 5.97 Å². The Morgan fingerprint density at radius 3 is 2.29 bits per heavy atom. The van der Waals surface area contributed by atoms with Gasteiger partial charge < -0.3 is 14.2 Å². The van der Waals surface area contributed by atoms with E-state index in [-0.39, 0.29) is 12.0 Å². The van der Waals surface area contributed by atoms with Gasteiger partial charge in [0, 0.05) is 13.0 Å². The summed E-state index contributed by atoms with van der Waals surface area (Å²) >= 11 is 0. The first-order valence-corrected chi connectivity index (χ1v) is 6.72. The van der Waals surface area contributed by atoms with E-state index >= 15 is 0 Å². The van der Waals surface area contributed by atoms with Crippen molar-refractivity contribution in [2.75, 3.05) is 21.3 Å². The second kappa shape index (κ2) is 8.97. The van der Waals surface area contributed by atoms with Crippen LogP contribution in [0.4, 0.5) is 0 Å². The summed E-state index contributed by atoms with van der Waals surface area (Å²) in [6, 6.07) is 9.94. The first kappa shape index (κ1) is 17.0. The lowest BCUT2D eigenvalue weighted by Gasteiger charge is -2.21. The van der Waals surface area contributed by atoms with Crippen LogP contribution in [0.3, 0.4) is 0 Å². The lowest BCUT2D eigenvalue weighted by molar-refractivity contribution is -0.135. The molecule has 0 heterocycles. The lowest BCUT2D eigenvalue weighted by Crippen LogP contribution is -2.21. The highest BCUT2D eigenvalue weighted by Gasteiger charge is 2.20. The molecule has 1 aromatic carbocycles. The van der Waals surface area contributed by atoms with Crippen molar-refractivity contribution in [3.8, 4) is 0 Å². The van der Waals surface area contributed by atoms with E-state index in [1.54, 1.807) is 7.11 Å². The molecule has 1 aromatic rings. The quantitative estimate of drug-likeness (QED) is 0.440. The van der Waals surface area contributed by atoms with E-state index in [1.165, 1.54) is 20.3 Å². The van der Waals surface area contributed by atoms with Crippen molar-refractivity contribution in [1.82, 2.24) is 0 Å². The van der Waals surface area contributed by atoms with Crippen LogP contribution in [-0.2, 0) is 19.0 Å². The third-order valence-corrected chi connectivity index (χ3v) is 3.19. The minimum atomic E-state index is -0.444. The molecule has 4 heteroatoms. The molecule has 0 fully saturated rings. The maximum atomic E-state index is 11.3. The van der Waals surface area contributed by atoms with E-state index in [9.17, 15) is 4.79 Å². The largest absolute Gasteiger partial charge is 0.500 e. The molecule has 0 aliphatic heterocycles. The highest BCUT2D eigenvalue weighted by molar-refractivity contribution is 5.82. The van der Waals surface area contributed by atoms with Crippen LogP contribution in [0.15, 0.2) is 48.2 Å². The molecular formula is C17H22O4. The number of rotatable bonds is 7. The molecule has 2 atom stereocenters. The van der Waals surface area contributed by atoms with Crippen molar-refractivity contribution in [2.24, 2.45) is 5.92 Å². The van der Waals surface area contributed by atoms with Crippen LogP contribution in [-0.4, -0.2) is 33.4 Å². The van der Waals surface area contributed by atoms with Crippen molar-refractivity contribution in [2.45, 2.75) is 13.0 Å². The Balaban J connectivity index is 2.85. The Bertz CT molecular complexity index is 491. The Hall–Kier alpha value is -2.07. The Labute approximate surface area is 126 Å². The van der Waals surface area contributed by atoms with Crippen molar-refractivity contribution in [3.05, 3.63) is 53.8 Å². The smallest absolute Gasteiger partial charge is 0.333 e. The monoisotopic (exact) mass is 290 g/mol. The second-order valence-corrected chi connectivity index (χ2v) is 4.53. The van der Waals surface area contributed by atoms with Crippen molar-refractivity contribution in [3.63, 3.8) is 0 Å². The Morgan fingerprint density at radius 2 is 1.76 bits per heavy atom. The highest BCUT2D eigenvalue weighted by atomic mass is 16.5. The number of carbonyl (C=O) groups is 1. The van der Waals surface area contributed by atoms with Gasteiger partial charge in [-0.1, -0.05) is 49.4 Å². The summed E-state index contributed by atoms with van der Waals surface area (Å²) in [5.41, 5.74) is 1.09. The molecule has 0 aliphatic carbocycles. The molecule has 4 nitrogen and oxygen atoms in total. The van der Waals surface area contributed by atoms with Crippen LogP contribution in [0.5, 0.6) is 0 Å². The van der Waals surface area contributed by atoms with Gasteiger partial charge in [0.15, 0.2) is 0 Å². The number of esters is 1. The number of carbonyl (C=O) groups excluding carboxylic acids is 1. The minimum absolute atomic E-state index is 0.112. The van der Waals surface area contributed by atoms with Gasteiger partial charge in [0.1, 0.15) is 5.76 Å². The van der Waals surface area contributed by atoms with Gasteiger partial charge in [-0.15, -0.1) is 0 Å². The summed E-state index contributed by atoms with van der Waals surface area (Å²) in [7, 11) is 4.49. The zero-order chi connectivity index (χ0) is 15.7. The second-order valence-electron chi connectivity index (χ2n) is 4.53. The molecule has 1 rings (SSSR count). The molecule has 0 bridgehead atoms. The van der Waals surface area contributed by atoms with Crippen molar-refractivity contribution >= 4 is 12.0 Å². The first-order valence-electron chi connectivity index (χ1n) is 6.72. The fourth-order valence-corrected chi connectivity index (χ4v) is 1.93. The minimum Gasteiger partial charge on any atom is -0.500 e. The van der Waals surface area contributed by atoms with Gasteiger partial charge in [-0.05, 0) is 5.56 Å². The third-order valence-electron chi connectivity index (χ3n) is 3.19. The lowest BCUT2D eigenvalue weighted by atomic mass is 10.0. The average molecular weight is 290 g/mol. The maximum Gasteiger partial charge on any atom is 0.333 e. The van der Waals surface area contributed by atoms with Crippen molar-refractivity contribution in [1.29, 1.82) is 0 Å². The van der Waals surface area contributed by atoms with Crippen LogP contribution in [0.2, 0.25) is 0 Å². The van der Waals surface area contributed by atoms with E-state index in [1.807, 2.05) is 49.4 Å². The molecule has 0 amide bonds. The number of benzene rings is 1. The van der Waals surface area contributed by atoms with Crippen LogP contribution in [0.25, 0.3) is 6.08 Å². The summed E-state index contributed by atoms with van der Waals surface area (Å²) in [5, 5.41) is 0. The molecule has 0 saturated heterocycles. The number of methoxy groups -OCH3 is 3. The zero-order valence-corrected chi connectivity index (χ0v) is 12.9. The fourth-order valence-electron chi connectivity index (χ4n) is 1.93. The van der Waals surface area contributed by atoms with Crippen LogP contribution in [0.1, 0.15) is 12.5 Å². The Morgan fingerprint density at radius 1 is 1.10 bits per heavy atom. The van der Waals surface area contributed by atoms with E-state index in [4.69, 9.17) is 9.47 Å². The summed E-state index contributed by atoms with van der Waals surface area (Å²) in [5.74, 6) is -0.0361. The molecule has 0 aliphatic rings. The van der Waals surface area contributed by atoms with Gasteiger partial charge >= 0.3 is 5.97 Å². The average Bonchev–Trinajstić information content (AvgIpc) is 2.53. The standard InChI is InChI=1S/C17H22O4/c1-13(16(20-3)12-17(18)21-4)15(19-2)11-10-14-8-6-5-7-9-14/h5-13,15H,1-4H3. The van der Waals surface area contributed by atoms with E-state index in [0.29, 0.717) is 5.76 Å². The molecule has 21 heavy (non-hydrogen) atoms.